The van der Waals surface area contributed by atoms with Gasteiger partial charge in [-0.15, -0.1) is 0 Å². The number of amides is 1. The molecule has 4 nitrogen and oxygen atoms in total. The molecule has 1 N–H and O–H groups in total. The summed E-state index contributed by atoms with van der Waals surface area (Å²) < 4.78 is 11.5. The van der Waals surface area contributed by atoms with Crippen molar-refractivity contribution in [2.45, 2.75) is 38.2 Å². The van der Waals surface area contributed by atoms with Crippen molar-refractivity contribution in [2.75, 3.05) is 12.4 Å². The zero-order valence-corrected chi connectivity index (χ0v) is 14.2. The maximum absolute atomic E-state index is 13.0. The molecule has 3 rings (SSSR count). The zero-order chi connectivity index (χ0) is 17.0. The minimum absolute atomic E-state index is 0.109. The first-order valence-electron chi connectivity index (χ1n) is 8.43. The Morgan fingerprint density at radius 3 is 2.54 bits per heavy atom. The molecule has 0 spiro atoms. The van der Waals surface area contributed by atoms with E-state index in [9.17, 15) is 4.79 Å². The second-order valence-electron chi connectivity index (χ2n) is 6.06. The van der Waals surface area contributed by atoms with E-state index in [0.717, 1.165) is 36.3 Å². The summed E-state index contributed by atoms with van der Waals surface area (Å²) in [7, 11) is 1.63. The molecule has 1 heterocycles. The van der Waals surface area contributed by atoms with Gasteiger partial charge < -0.3 is 14.8 Å². The Bertz CT molecular complexity index is 711. The van der Waals surface area contributed by atoms with Gasteiger partial charge in [0.15, 0.2) is 0 Å². The van der Waals surface area contributed by atoms with Crippen LogP contribution in [0.25, 0.3) is 0 Å². The van der Waals surface area contributed by atoms with Gasteiger partial charge in [-0.1, -0.05) is 44.0 Å². The SMILES string of the molecule is CCCCCC1(c2ccc(OC)cc2)Oc2ccccc2NC1=O. The molecule has 1 amide bonds. The molecule has 0 fully saturated rings. The van der Waals surface area contributed by atoms with Crippen LogP contribution in [0.1, 0.15) is 38.2 Å². The molecule has 0 aromatic heterocycles. The van der Waals surface area contributed by atoms with Crippen molar-refractivity contribution in [1.29, 1.82) is 0 Å². The summed E-state index contributed by atoms with van der Waals surface area (Å²) in [4.78, 5) is 13.0. The van der Waals surface area contributed by atoms with E-state index >= 15 is 0 Å². The normalized spacial score (nSPS) is 19.2. The molecule has 24 heavy (non-hydrogen) atoms. The molecule has 0 saturated heterocycles. The molecule has 126 valence electrons. The smallest absolute Gasteiger partial charge is 0.273 e. The van der Waals surface area contributed by atoms with Crippen LogP contribution in [0.5, 0.6) is 11.5 Å². The van der Waals surface area contributed by atoms with Gasteiger partial charge in [0.1, 0.15) is 11.5 Å². The number of hydrogen-bond acceptors (Lipinski definition) is 3. The Morgan fingerprint density at radius 2 is 1.83 bits per heavy atom. The summed E-state index contributed by atoms with van der Waals surface area (Å²) in [5, 5.41) is 3.01. The van der Waals surface area contributed by atoms with E-state index in [2.05, 4.69) is 12.2 Å². The topological polar surface area (TPSA) is 47.6 Å². The number of rotatable bonds is 6. The fraction of sp³-hybridized carbons (Fsp3) is 0.350. The molecule has 1 unspecified atom stereocenters. The Kier molecular flexibility index (Phi) is 4.74. The van der Waals surface area contributed by atoms with Crippen molar-refractivity contribution in [3.63, 3.8) is 0 Å². The lowest BCUT2D eigenvalue weighted by molar-refractivity contribution is -0.134. The summed E-state index contributed by atoms with van der Waals surface area (Å²) in [5.74, 6) is 1.37. The van der Waals surface area contributed by atoms with Crippen LogP contribution >= 0.6 is 0 Å². The number of fused-ring (bicyclic) bond motifs is 1. The number of benzene rings is 2. The van der Waals surface area contributed by atoms with Crippen LogP contribution < -0.4 is 14.8 Å². The minimum Gasteiger partial charge on any atom is -0.497 e. The summed E-state index contributed by atoms with van der Waals surface area (Å²) in [5.41, 5.74) is 0.587. The van der Waals surface area contributed by atoms with Crippen LogP contribution in [0.4, 0.5) is 5.69 Å². The predicted molar refractivity (Wildman–Crippen MR) is 94.5 cm³/mol. The average Bonchev–Trinajstić information content (AvgIpc) is 2.62. The van der Waals surface area contributed by atoms with Crippen LogP contribution in [-0.2, 0) is 10.4 Å². The van der Waals surface area contributed by atoms with E-state index in [1.165, 1.54) is 0 Å². The molecule has 4 heteroatoms. The third-order valence-corrected chi connectivity index (χ3v) is 4.47. The molecule has 1 aliphatic rings. The van der Waals surface area contributed by atoms with Gasteiger partial charge in [0.05, 0.1) is 12.8 Å². The van der Waals surface area contributed by atoms with Crippen LogP contribution in [0.3, 0.4) is 0 Å². The largest absolute Gasteiger partial charge is 0.497 e. The highest BCUT2D eigenvalue weighted by Crippen LogP contribution is 2.42. The maximum Gasteiger partial charge on any atom is 0.273 e. The lowest BCUT2D eigenvalue weighted by atomic mass is 9.85. The fourth-order valence-electron chi connectivity index (χ4n) is 3.10. The average molecular weight is 325 g/mol. The molecule has 0 aliphatic carbocycles. The fourth-order valence-corrected chi connectivity index (χ4v) is 3.10. The number of methoxy groups -OCH3 is 1. The summed E-state index contributed by atoms with van der Waals surface area (Å²) in [6.45, 7) is 2.15. The van der Waals surface area contributed by atoms with Gasteiger partial charge in [0.2, 0.25) is 5.60 Å². The molecule has 2 aromatic carbocycles. The summed E-state index contributed by atoms with van der Waals surface area (Å²) >= 11 is 0. The van der Waals surface area contributed by atoms with Crippen molar-refractivity contribution in [2.24, 2.45) is 0 Å². The van der Waals surface area contributed by atoms with E-state index in [4.69, 9.17) is 9.47 Å². The van der Waals surface area contributed by atoms with Crippen molar-refractivity contribution < 1.29 is 14.3 Å². The van der Waals surface area contributed by atoms with Crippen LogP contribution in [-0.4, -0.2) is 13.0 Å². The molecule has 1 atom stereocenters. The number of anilines is 1. The van der Waals surface area contributed by atoms with Gasteiger partial charge in [-0.25, -0.2) is 0 Å². The van der Waals surface area contributed by atoms with Gasteiger partial charge in [0.25, 0.3) is 5.91 Å². The molecular formula is C20H23NO3. The Morgan fingerprint density at radius 1 is 1.08 bits per heavy atom. The van der Waals surface area contributed by atoms with Crippen LogP contribution in [0.15, 0.2) is 48.5 Å². The van der Waals surface area contributed by atoms with Crippen molar-refractivity contribution in [3.8, 4) is 11.5 Å². The number of nitrogens with one attached hydrogen (secondary N) is 1. The quantitative estimate of drug-likeness (QED) is 0.795. The standard InChI is InChI=1S/C20H23NO3/c1-3-4-7-14-20(15-10-12-16(23-2)13-11-15)19(22)21-17-8-5-6-9-18(17)24-20/h5-6,8-13H,3-4,7,14H2,1-2H3,(H,21,22). The third kappa shape index (κ3) is 2.96. The van der Waals surface area contributed by atoms with Crippen molar-refractivity contribution in [1.82, 2.24) is 0 Å². The molecular weight excluding hydrogens is 302 g/mol. The predicted octanol–water partition coefficient (Wildman–Crippen LogP) is 4.50. The maximum atomic E-state index is 13.0. The third-order valence-electron chi connectivity index (χ3n) is 4.47. The second-order valence-corrected chi connectivity index (χ2v) is 6.06. The Hall–Kier alpha value is -2.49. The zero-order valence-electron chi connectivity index (χ0n) is 14.2. The highest BCUT2D eigenvalue weighted by Gasteiger charge is 2.45. The first-order valence-corrected chi connectivity index (χ1v) is 8.43. The molecule has 1 aliphatic heterocycles. The second kappa shape index (κ2) is 6.95. The lowest BCUT2D eigenvalue weighted by Crippen LogP contribution is -2.48. The summed E-state index contributed by atoms with van der Waals surface area (Å²) in [6.07, 6.45) is 3.73. The van der Waals surface area contributed by atoms with E-state index in [1.807, 2.05) is 48.5 Å². The molecule has 0 radical (unpaired) electrons. The monoisotopic (exact) mass is 325 g/mol. The highest BCUT2D eigenvalue weighted by molar-refractivity contribution is 6.01. The Labute approximate surface area is 142 Å². The Balaban J connectivity index is 2.00. The number of unbranched alkanes of at least 4 members (excludes halogenated alkanes) is 2. The molecule has 2 aromatic rings. The summed E-state index contributed by atoms with van der Waals surface area (Å²) in [6, 6.07) is 15.1. The molecule has 0 saturated carbocycles. The first-order chi connectivity index (χ1) is 11.7. The van der Waals surface area contributed by atoms with E-state index in [-0.39, 0.29) is 5.91 Å². The van der Waals surface area contributed by atoms with E-state index in [0.29, 0.717) is 12.2 Å². The van der Waals surface area contributed by atoms with Gasteiger partial charge >= 0.3 is 0 Å². The number of para-hydroxylation sites is 2. The van der Waals surface area contributed by atoms with Crippen molar-refractivity contribution >= 4 is 11.6 Å². The van der Waals surface area contributed by atoms with Gasteiger partial charge in [-0.2, -0.15) is 0 Å². The number of carbonyl (C=O) groups excluding carboxylic acids is 1. The first kappa shape index (κ1) is 16.4. The van der Waals surface area contributed by atoms with Gasteiger partial charge in [0, 0.05) is 12.0 Å². The highest BCUT2D eigenvalue weighted by atomic mass is 16.5. The minimum atomic E-state index is -0.990. The van der Waals surface area contributed by atoms with E-state index in [1.54, 1.807) is 7.11 Å². The van der Waals surface area contributed by atoms with E-state index < -0.39 is 5.60 Å². The van der Waals surface area contributed by atoms with Gasteiger partial charge in [-0.3, -0.25) is 4.79 Å². The van der Waals surface area contributed by atoms with Crippen molar-refractivity contribution in [3.05, 3.63) is 54.1 Å². The number of hydrogen-bond donors (Lipinski definition) is 1. The lowest BCUT2D eigenvalue weighted by Gasteiger charge is -2.38. The number of carbonyl (C=O) groups is 1. The van der Waals surface area contributed by atoms with Gasteiger partial charge in [-0.05, 0) is 30.7 Å². The van der Waals surface area contributed by atoms with Crippen LogP contribution in [0, 0.1) is 0 Å². The van der Waals surface area contributed by atoms with Crippen LogP contribution in [0.2, 0.25) is 0 Å². The number of ether oxygens (including phenoxy) is 2. The molecule has 0 bridgehead atoms.